The number of anilines is 2. The Kier molecular flexibility index (Phi) is 4.44. The molecule has 120 valence electrons. The molecule has 0 fully saturated rings. The Morgan fingerprint density at radius 1 is 1.13 bits per heavy atom. The Bertz CT molecular complexity index is 922. The molecule has 23 heavy (non-hydrogen) atoms. The van der Waals surface area contributed by atoms with Gasteiger partial charge in [0.1, 0.15) is 10.0 Å². The van der Waals surface area contributed by atoms with Crippen molar-refractivity contribution in [1.29, 1.82) is 0 Å². The van der Waals surface area contributed by atoms with Crippen LogP contribution in [0.15, 0.2) is 41.2 Å². The third-order valence-electron chi connectivity index (χ3n) is 2.77. The maximum absolute atomic E-state index is 12.1. The molecule has 3 heterocycles. The molecule has 3 aromatic heterocycles. The number of hydrogen-bond acceptors (Lipinski definition) is 6. The zero-order valence-electron chi connectivity index (χ0n) is 11.4. The van der Waals surface area contributed by atoms with Crippen LogP contribution in [0, 0.1) is 0 Å². The van der Waals surface area contributed by atoms with Crippen molar-refractivity contribution in [2.75, 3.05) is 9.44 Å². The van der Waals surface area contributed by atoms with Crippen LogP contribution >= 0.6 is 34.3 Å². The highest BCUT2D eigenvalue weighted by molar-refractivity contribution is 7.94. The number of nitrogens with zero attached hydrogens (tertiary/aromatic N) is 1. The number of thiophene rings is 2. The van der Waals surface area contributed by atoms with Crippen LogP contribution in [0.1, 0.15) is 0 Å². The molecule has 3 rings (SSSR count). The van der Waals surface area contributed by atoms with E-state index in [0.29, 0.717) is 14.9 Å². The zero-order valence-corrected chi connectivity index (χ0v) is 14.6. The summed E-state index contributed by atoms with van der Waals surface area (Å²) < 4.78 is 29.2. The second-order valence-electron chi connectivity index (χ2n) is 4.36. The first-order valence-electron chi connectivity index (χ1n) is 6.21. The van der Waals surface area contributed by atoms with Crippen molar-refractivity contribution in [3.8, 4) is 16.3 Å². The van der Waals surface area contributed by atoms with E-state index in [1.54, 1.807) is 35.8 Å². The van der Waals surface area contributed by atoms with Crippen LogP contribution in [0.2, 0.25) is 4.34 Å². The molecular formula is C13H10ClN3O3S3. The topological polar surface area (TPSA) is 91.3 Å². The highest BCUT2D eigenvalue weighted by Gasteiger charge is 2.19. The second-order valence-corrected chi connectivity index (χ2v) is 8.17. The van der Waals surface area contributed by atoms with Crippen molar-refractivity contribution in [3.63, 3.8) is 0 Å². The van der Waals surface area contributed by atoms with Crippen molar-refractivity contribution in [1.82, 2.24) is 4.98 Å². The first-order valence-corrected chi connectivity index (χ1v) is 9.84. The summed E-state index contributed by atoms with van der Waals surface area (Å²) in [7, 11) is -3.92. The molecule has 0 amide bonds. The number of nitrogens with one attached hydrogen (secondary N) is 2. The first kappa shape index (κ1) is 16.1. The van der Waals surface area contributed by atoms with Gasteiger partial charge in [0.05, 0.1) is 16.3 Å². The molecule has 0 aliphatic heterocycles. The summed E-state index contributed by atoms with van der Waals surface area (Å²) in [5, 5.41) is 13.4. The normalized spacial score (nSPS) is 11.3. The minimum atomic E-state index is -3.92. The Labute approximate surface area is 145 Å². The molecule has 0 saturated carbocycles. The lowest BCUT2D eigenvalue weighted by Gasteiger charge is -2.09. The molecule has 3 N–H and O–H groups in total. The summed E-state index contributed by atoms with van der Waals surface area (Å²) >= 11 is 8.27. The highest BCUT2D eigenvalue weighted by atomic mass is 35.5. The molecule has 0 aliphatic rings. The molecule has 10 heteroatoms. The van der Waals surface area contributed by atoms with Crippen LogP contribution in [0.3, 0.4) is 0 Å². The minimum Gasteiger partial charge on any atom is -0.504 e. The summed E-state index contributed by atoms with van der Waals surface area (Å²) in [5.41, 5.74) is 0.924. The van der Waals surface area contributed by atoms with Gasteiger partial charge in [-0.25, -0.2) is 0 Å². The number of rotatable bonds is 5. The van der Waals surface area contributed by atoms with E-state index in [9.17, 15) is 13.5 Å². The largest absolute Gasteiger partial charge is 0.504 e. The van der Waals surface area contributed by atoms with Gasteiger partial charge in [-0.1, -0.05) is 17.7 Å². The van der Waals surface area contributed by atoms with Gasteiger partial charge in [-0.15, -0.1) is 22.7 Å². The first-order chi connectivity index (χ1) is 11.0. The summed E-state index contributed by atoms with van der Waals surface area (Å²) in [6.45, 7) is 0. The van der Waals surface area contributed by atoms with Crippen LogP contribution in [0.25, 0.3) is 10.6 Å². The van der Waals surface area contributed by atoms with E-state index in [1.807, 2.05) is 0 Å². The van der Waals surface area contributed by atoms with Gasteiger partial charge in [-0.2, -0.15) is 8.42 Å². The van der Waals surface area contributed by atoms with Gasteiger partial charge in [-0.3, -0.25) is 14.4 Å². The van der Waals surface area contributed by atoms with Gasteiger partial charge in [-0.05, 0) is 23.6 Å². The fourth-order valence-electron chi connectivity index (χ4n) is 1.78. The van der Waals surface area contributed by atoms with Crippen molar-refractivity contribution >= 4 is 55.9 Å². The van der Waals surface area contributed by atoms with Gasteiger partial charge in [0.15, 0.2) is 5.75 Å². The molecule has 3 aromatic rings. The van der Waals surface area contributed by atoms with Crippen LogP contribution in [-0.4, -0.2) is 18.5 Å². The third-order valence-corrected chi connectivity index (χ3v) is 5.91. The molecular weight excluding hydrogens is 378 g/mol. The lowest BCUT2D eigenvalue weighted by molar-refractivity contribution is 0.481. The Hall–Kier alpha value is -1.81. The molecule has 0 saturated heterocycles. The quantitative estimate of drug-likeness (QED) is 0.617. The third kappa shape index (κ3) is 3.58. The van der Waals surface area contributed by atoms with Gasteiger partial charge in [0, 0.05) is 11.6 Å². The molecule has 0 radical (unpaired) electrons. The Balaban J connectivity index is 1.83. The van der Waals surface area contributed by atoms with Crippen molar-refractivity contribution in [3.05, 3.63) is 45.6 Å². The monoisotopic (exact) mass is 387 g/mol. The number of hydrogen-bond donors (Lipinski definition) is 3. The Morgan fingerprint density at radius 3 is 2.57 bits per heavy atom. The molecule has 0 bridgehead atoms. The molecule has 0 aliphatic carbocycles. The summed E-state index contributed by atoms with van der Waals surface area (Å²) in [4.78, 5) is 4.62. The number of pyridine rings is 1. The lowest BCUT2D eigenvalue weighted by Crippen LogP contribution is -2.21. The molecule has 0 spiro atoms. The number of aromatic hydroxyl groups is 1. The van der Waals surface area contributed by atoms with E-state index >= 15 is 0 Å². The average molecular weight is 388 g/mol. The SMILES string of the molecule is O=S(=O)(Nc1ccsc1Cl)Nc1csc(-c2ccccn2)c1O. The summed E-state index contributed by atoms with van der Waals surface area (Å²) in [6.07, 6.45) is 1.60. The fourth-order valence-corrected chi connectivity index (χ4v) is 4.64. The lowest BCUT2D eigenvalue weighted by atomic mass is 10.3. The molecule has 0 atom stereocenters. The average Bonchev–Trinajstić information content (AvgIpc) is 3.07. The number of aromatic nitrogens is 1. The van der Waals surface area contributed by atoms with Crippen molar-refractivity contribution < 1.29 is 13.5 Å². The van der Waals surface area contributed by atoms with Gasteiger partial charge < -0.3 is 5.11 Å². The zero-order chi connectivity index (χ0) is 16.4. The summed E-state index contributed by atoms with van der Waals surface area (Å²) in [6, 6.07) is 6.82. The molecule has 0 aromatic carbocycles. The van der Waals surface area contributed by atoms with E-state index in [2.05, 4.69) is 14.4 Å². The molecule has 6 nitrogen and oxygen atoms in total. The van der Waals surface area contributed by atoms with Crippen LogP contribution in [-0.2, 0) is 10.2 Å². The molecule has 0 unspecified atom stereocenters. The standard InChI is InChI=1S/C13H10ClN3O3S3/c14-13-9(4-6-21-13)16-23(19,20)17-10-7-22-12(11(10)18)8-3-1-2-5-15-8/h1-7,16-18H. The fraction of sp³-hybridized carbons (Fsp3) is 0. The maximum atomic E-state index is 12.1. The smallest absolute Gasteiger partial charge is 0.321 e. The van der Waals surface area contributed by atoms with Crippen molar-refractivity contribution in [2.45, 2.75) is 0 Å². The van der Waals surface area contributed by atoms with E-state index < -0.39 is 10.2 Å². The van der Waals surface area contributed by atoms with Crippen LogP contribution < -0.4 is 9.44 Å². The highest BCUT2D eigenvalue weighted by Crippen LogP contribution is 2.41. The summed E-state index contributed by atoms with van der Waals surface area (Å²) in [5.74, 6) is -0.171. The number of halogens is 1. The van der Waals surface area contributed by atoms with Crippen molar-refractivity contribution in [2.24, 2.45) is 0 Å². The Morgan fingerprint density at radius 2 is 1.91 bits per heavy atom. The van der Waals surface area contributed by atoms with Crippen LogP contribution in [0.5, 0.6) is 5.75 Å². The van der Waals surface area contributed by atoms with E-state index in [4.69, 9.17) is 11.6 Å². The van der Waals surface area contributed by atoms with E-state index in [0.717, 1.165) is 0 Å². The minimum absolute atomic E-state index is 0.0782. The van der Waals surface area contributed by atoms with Gasteiger partial charge >= 0.3 is 10.2 Å². The predicted octanol–water partition coefficient (Wildman–Crippen LogP) is 4.00. The predicted molar refractivity (Wildman–Crippen MR) is 94.7 cm³/mol. The van der Waals surface area contributed by atoms with Gasteiger partial charge in [0.2, 0.25) is 0 Å². The van der Waals surface area contributed by atoms with E-state index in [1.165, 1.54) is 28.1 Å². The van der Waals surface area contributed by atoms with Crippen LogP contribution in [0.4, 0.5) is 11.4 Å². The van der Waals surface area contributed by atoms with Gasteiger partial charge in [0.25, 0.3) is 0 Å². The maximum Gasteiger partial charge on any atom is 0.321 e. The van der Waals surface area contributed by atoms with E-state index in [-0.39, 0.29) is 17.1 Å². The second kappa shape index (κ2) is 6.36.